The number of nitrogens with one attached hydrogen (secondary N) is 1. The molecule has 0 bridgehead atoms. The molecule has 4 heterocycles. The molecule has 2 atom stereocenters. The van der Waals surface area contributed by atoms with Crippen molar-refractivity contribution in [1.29, 1.82) is 0 Å². The molecule has 0 saturated carbocycles. The quantitative estimate of drug-likeness (QED) is 0.811. The fourth-order valence-electron chi connectivity index (χ4n) is 3.61. The van der Waals surface area contributed by atoms with Crippen molar-refractivity contribution in [2.45, 2.75) is 46.6 Å². The normalized spacial score (nSPS) is 24.6. The van der Waals surface area contributed by atoms with E-state index in [1.165, 1.54) is 0 Å². The summed E-state index contributed by atoms with van der Waals surface area (Å²) in [6, 6.07) is 2.08. The molecule has 0 amide bonds. The predicted octanol–water partition coefficient (Wildman–Crippen LogP) is 0.918. The Labute approximate surface area is 148 Å². The number of aromatic nitrogens is 2. The molecule has 0 saturated heterocycles. The van der Waals surface area contributed by atoms with Crippen LogP contribution in [0.25, 0.3) is 0 Å². The van der Waals surface area contributed by atoms with Crippen LogP contribution in [0.15, 0.2) is 27.9 Å². The minimum absolute atomic E-state index is 0.0659. The lowest BCUT2D eigenvalue weighted by Crippen LogP contribution is -2.49. The fraction of sp³-hybridized carbons (Fsp3) is 0.529. The number of fused-ring (bicyclic) bond motifs is 2. The molecule has 0 fully saturated rings. The number of aryl methyl sites for hydroxylation is 2. The Morgan fingerprint density at radius 3 is 2.68 bits per heavy atom. The molecule has 0 aromatic carbocycles. The van der Waals surface area contributed by atoms with Crippen molar-refractivity contribution in [3.8, 4) is 0 Å². The van der Waals surface area contributed by atoms with Crippen molar-refractivity contribution in [3.05, 3.63) is 29.2 Å². The number of hydrogen-bond acceptors (Lipinski definition) is 7. The van der Waals surface area contributed by atoms with Gasteiger partial charge in [0.05, 0.1) is 13.5 Å². The van der Waals surface area contributed by atoms with Gasteiger partial charge in [-0.05, 0) is 33.8 Å². The predicted molar refractivity (Wildman–Crippen MR) is 97.8 cm³/mol. The number of nitrogens with zero attached hydrogens (tertiary/aromatic N) is 7. The monoisotopic (exact) mass is 341 g/mol. The molecule has 8 nitrogen and oxygen atoms in total. The van der Waals surface area contributed by atoms with Crippen LogP contribution in [0.2, 0.25) is 0 Å². The maximum Gasteiger partial charge on any atom is 0.418 e. The summed E-state index contributed by atoms with van der Waals surface area (Å²) in [5.41, 5.74) is 7.87. The van der Waals surface area contributed by atoms with E-state index in [1.54, 1.807) is 0 Å². The third-order valence-electron chi connectivity index (χ3n) is 4.98. The van der Waals surface area contributed by atoms with E-state index in [1.807, 2.05) is 23.5 Å². The lowest BCUT2D eigenvalue weighted by molar-refractivity contribution is -0.638. The second kappa shape index (κ2) is 5.44. The highest BCUT2D eigenvalue weighted by Crippen LogP contribution is 2.27. The van der Waals surface area contributed by atoms with Crippen molar-refractivity contribution in [2.75, 3.05) is 24.4 Å². The highest BCUT2D eigenvalue weighted by atomic mass is 15.7. The summed E-state index contributed by atoms with van der Waals surface area (Å²) in [5, 5.41) is 6.80. The molecule has 1 aromatic heterocycles. The minimum Gasteiger partial charge on any atom is -0.321 e. The Balaban J connectivity index is 1.57. The molecule has 4 rings (SSSR count). The van der Waals surface area contributed by atoms with Crippen LogP contribution in [0.5, 0.6) is 0 Å². The van der Waals surface area contributed by atoms with Gasteiger partial charge in [-0.25, -0.2) is 20.3 Å². The van der Waals surface area contributed by atoms with Gasteiger partial charge in [-0.1, -0.05) is 4.98 Å². The molecular weight excluding hydrogens is 316 g/mol. The lowest BCUT2D eigenvalue weighted by atomic mass is 10.2. The molecule has 1 N–H and O–H groups in total. The molecule has 0 aliphatic carbocycles. The van der Waals surface area contributed by atoms with Gasteiger partial charge in [0.1, 0.15) is 17.2 Å². The first-order valence-electron chi connectivity index (χ1n) is 8.57. The van der Waals surface area contributed by atoms with Gasteiger partial charge in [-0.15, -0.1) is 4.68 Å². The van der Waals surface area contributed by atoms with Gasteiger partial charge < -0.3 is 4.90 Å². The van der Waals surface area contributed by atoms with Crippen LogP contribution in [-0.2, 0) is 0 Å². The van der Waals surface area contributed by atoms with Crippen molar-refractivity contribution in [2.24, 2.45) is 10.1 Å². The Kier molecular flexibility index (Phi) is 3.45. The summed E-state index contributed by atoms with van der Waals surface area (Å²) in [6.45, 7) is 8.22. The zero-order valence-electron chi connectivity index (χ0n) is 15.6. The van der Waals surface area contributed by atoms with Crippen LogP contribution in [-0.4, -0.2) is 53.0 Å². The third-order valence-corrected chi connectivity index (χ3v) is 4.98. The molecular formula is C17H25N8+. The van der Waals surface area contributed by atoms with Crippen LogP contribution in [0.4, 0.5) is 5.95 Å². The molecule has 25 heavy (non-hydrogen) atoms. The van der Waals surface area contributed by atoms with E-state index < -0.39 is 0 Å². The minimum atomic E-state index is -0.0659. The van der Waals surface area contributed by atoms with E-state index in [0.717, 1.165) is 41.0 Å². The number of hydrogen-bond donors (Lipinski definition) is 1. The highest BCUT2D eigenvalue weighted by Gasteiger charge is 2.41. The Morgan fingerprint density at radius 2 is 1.92 bits per heavy atom. The molecule has 132 valence electrons. The average molecular weight is 341 g/mol. The fourth-order valence-corrected chi connectivity index (χ4v) is 3.61. The molecule has 3 aliphatic rings. The first-order valence-corrected chi connectivity index (χ1v) is 8.57. The molecule has 8 heteroatoms. The van der Waals surface area contributed by atoms with Crippen LogP contribution < -0.4 is 15.0 Å². The second-order valence-corrected chi connectivity index (χ2v) is 7.01. The Bertz CT molecular complexity index is 824. The second-order valence-electron chi connectivity index (χ2n) is 7.01. The summed E-state index contributed by atoms with van der Waals surface area (Å²) in [5.74, 6) is 1.95. The zero-order chi connectivity index (χ0) is 17.9. The van der Waals surface area contributed by atoms with Gasteiger partial charge >= 0.3 is 5.95 Å². The number of aliphatic imine (C=N–C) groups is 1. The largest absolute Gasteiger partial charge is 0.418 e. The van der Waals surface area contributed by atoms with Gasteiger partial charge in [0.2, 0.25) is 6.29 Å². The van der Waals surface area contributed by atoms with Crippen LogP contribution >= 0.6 is 0 Å². The van der Waals surface area contributed by atoms with E-state index >= 15 is 0 Å². The number of allylic oxidation sites excluding steroid dienone is 2. The first kappa shape index (κ1) is 15.9. The molecule has 3 aliphatic heterocycles. The highest BCUT2D eigenvalue weighted by molar-refractivity contribution is 5.95. The topological polar surface area (TPSA) is 63.2 Å². The van der Waals surface area contributed by atoms with Gasteiger partial charge in [-0.2, -0.15) is 5.10 Å². The summed E-state index contributed by atoms with van der Waals surface area (Å²) in [6.07, 6.45) is 2.87. The summed E-state index contributed by atoms with van der Waals surface area (Å²) in [4.78, 5) is 13.7. The van der Waals surface area contributed by atoms with E-state index in [2.05, 4.69) is 60.3 Å². The maximum atomic E-state index is 4.81. The van der Waals surface area contributed by atoms with Crippen molar-refractivity contribution in [3.63, 3.8) is 0 Å². The summed E-state index contributed by atoms with van der Waals surface area (Å²) < 4.78 is 2.05. The van der Waals surface area contributed by atoms with Crippen LogP contribution in [0, 0.1) is 13.8 Å². The maximum absolute atomic E-state index is 4.81. The smallest absolute Gasteiger partial charge is 0.321 e. The number of amidine groups is 1. The van der Waals surface area contributed by atoms with Crippen molar-refractivity contribution in [1.82, 2.24) is 14.9 Å². The van der Waals surface area contributed by atoms with Gasteiger partial charge in [0, 0.05) is 24.5 Å². The molecule has 0 unspecified atom stereocenters. The third kappa shape index (κ3) is 2.43. The lowest BCUT2D eigenvalue weighted by Gasteiger charge is -2.29. The number of anilines is 1. The summed E-state index contributed by atoms with van der Waals surface area (Å²) in [7, 11) is 4.13. The average Bonchev–Trinajstić information content (AvgIpc) is 3.01. The van der Waals surface area contributed by atoms with E-state index in [4.69, 9.17) is 10.1 Å². The van der Waals surface area contributed by atoms with Gasteiger partial charge in [0.15, 0.2) is 6.17 Å². The molecule has 0 spiro atoms. The number of hydrazone groups is 1. The van der Waals surface area contributed by atoms with Crippen molar-refractivity contribution < 1.29 is 4.68 Å². The van der Waals surface area contributed by atoms with Gasteiger partial charge in [0.25, 0.3) is 0 Å². The SMILES string of the molecule is CC1=CC(C)=N[C@@H]2N(C)C(C[C@@H]3N[n+]4c(C)cc(C)nc4N3C)=NN12. The van der Waals surface area contributed by atoms with E-state index in [0.29, 0.717) is 0 Å². The number of rotatable bonds is 2. The standard InChI is InChI=1S/C17H25N8/c1-10-7-12(3)24-16(18-10)22(5)14(20-24)9-15-21-25-13(4)8-11(2)19-17(25)23(15)6/h7-8,14,17,20H,9H2,1-6H3/q+1/t14-,17-/m1/s1. The van der Waals surface area contributed by atoms with E-state index in [9.17, 15) is 0 Å². The first-order chi connectivity index (χ1) is 11.8. The zero-order valence-corrected chi connectivity index (χ0v) is 15.6. The van der Waals surface area contributed by atoms with Gasteiger partial charge in [-0.3, -0.25) is 0 Å². The summed E-state index contributed by atoms with van der Waals surface area (Å²) >= 11 is 0. The Morgan fingerprint density at radius 1 is 1.16 bits per heavy atom. The van der Waals surface area contributed by atoms with Crippen LogP contribution in [0.3, 0.4) is 0 Å². The Hall–Kier alpha value is -2.64. The van der Waals surface area contributed by atoms with E-state index in [-0.39, 0.29) is 12.5 Å². The van der Waals surface area contributed by atoms with Crippen molar-refractivity contribution >= 4 is 17.5 Å². The molecule has 1 aromatic rings. The van der Waals surface area contributed by atoms with Crippen LogP contribution in [0.1, 0.15) is 31.7 Å². The molecule has 0 radical (unpaired) electrons.